The van der Waals surface area contributed by atoms with Gasteiger partial charge in [-0.15, -0.1) is 0 Å². The van der Waals surface area contributed by atoms with Crippen LogP contribution in [0.2, 0.25) is 0 Å². The first-order chi connectivity index (χ1) is 24.2. The molecule has 0 atom stereocenters. The Balaban J connectivity index is 1.12. The van der Waals surface area contributed by atoms with Gasteiger partial charge in [-0.3, -0.25) is 4.98 Å². The van der Waals surface area contributed by atoms with Crippen molar-refractivity contribution in [3.63, 3.8) is 0 Å². The number of rotatable bonds is 4. The van der Waals surface area contributed by atoms with Crippen molar-refractivity contribution in [2.24, 2.45) is 0 Å². The standard InChI is InChI=1S/C46H27N3/c47-27-29-23-31-17-18-32-25-34(26-44-46(32)45(31)43(24-29)49(44)35-11-2-1-3-12-35)42-22-19-33(28-48-42)37-20-21-41(40-15-7-6-14-38(37)40)39-16-8-10-30-9-4-5-13-36(30)39/h1-26,28H. The van der Waals surface area contributed by atoms with E-state index in [0.29, 0.717) is 5.56 Å². The average molecular weight is 622 g/mol. The van der Waals surface area contributed by atoms with Crippen molar-refractivity contribution in [2.45, 2.75) is 0 Å². The maximum Gasteiger partial charge on any atom is 0.0992 e. The number of benzene rings is 8. The van der Waals surface area contributed by atoms with Crippen LogP contribution < -0.4 is 0 Å². The second-order valence-corrected chi connectivity index (χ2v) is 12.7. The summed E-state index contributed by atoms with van der Waals surface area (Å²) >= 11 is 0. The molecule has 0 spiro atoms. The molecule has 3 heteroatoms. The smallest absolute Gasteiger partial charge is 0.0992 e. The highest BCUT2D eigenvalue weighted by atomic mass is 15.0. The van der Waals surface area contributed by atoms with Gasteiger partial charge in [-0.2, -0.15) is 5.26 Å². The molecule has 3 nitrogen and oxygen atoms in total. The van der Waals surface area contributed by atoms with Gasteiger partial charge in [0.25, 0.3) is 0 Å². The molecule has 0 aliphatic heterocycles. The molecule has 2 aromatic heterocycles. The third-order valence-corrected chi connectivity index (χ3v) is 9.99. The minimum atomic E-state index is 0.658. The second-order valence-electron chi connectivity index (χ2n) is 12.7. The van der Waals surface area contributed by atoms with Crippen molar-refractivity contribution in [2.75, 3.05) is 0 Å². The number of hydrogen-bond donors (Lipinski definition) is 0. The Hall–Kier alpha value is -6.76. The maximum atomic E-state index is 9.84. The Bertz CT molecular complexity index is 2920. The van der Waals surface area contributed by atoms with Crippen LogP contribution in [0.5, 0.6) is 0 Å². The first kappa shape index (κ1) is 27.4. The van der Waals surface area contributed by atoms with Crippen molar-refractivity contribution >= 4 is 54.1 Å². The molecule has 0 saturated carbocycles. The molecule has 10 rings (SSSR count). The van der Waals surface area contributed by atoms with E-state index in [1.54, 1.807) is 0 Å². The zero-order chi connectivity index (χ0) is 32.5. The average Bonchev–Trinajstić information content (AvgIpc) is 3.51. The number of nitrogens with zero attached hydrogens (tertiary/aromatic N) is 3. The van der Waals surface area contributed by atoms with Gasteiger partial charge in [-0.1, -0.05) is 115 Å². The Morgan fingerprint density at radius 3 is 1.90 bits per heavy atom. The molecule has 0 unspecified atom stereocenters. The van der Waals surface area contributed by atoms with Gasteiger partial charge >= 0.3 is 0 Å². The molecular weight excluding hydrogens is 595 g/mol. The van der Waals surface area contributed by atoms with Gasteiger partial charge in [0.1, 0.15) is 0 Å². The summed E-state index contributed by atoms with van der Waals surface area (Å²) in [6, 6.07) is 58.2. The number of para-hydroxylation sites is 1. The van der Waals surface area contributed by atoms with Crippen molar-refractivity contribution in [1.82, 2.24) is 9.55 Å². The van der Waals surface area contributed by atoms with Gasteiger partial charge in [0.15, 0.2) is 0 Å². The predicted molar refractivity (Wildman–Crippen MR) is 203 cm³/mol. The fraction of sp³-hybridized carbons (Fsp3) is 0. The third kappa shape index (κ3) is 4.18. The highest BCUT2D eigenvalue weighted by Crippen LogP contribution is 2.42. The number of nitriles is 1. The highest BCUT2D eigenvalue weighted by Gasteiger charge is 2.19. The summed E-state index contributed by atoms with van der Waals surface area (Å²) in [4.78, 5) is 5.06. The van der Waals surface area contributed by atoms with E-state index < -0.39 is 0 Å². The Morgan fingerprint density at radius 1 is 0.469 bits per heavy atom. The van der Waals surface area contributed by atoms with Crippen LogP contribution in [-0.4, -0.2) is 9.55 Å². The van der Waals surface area contributed by atoms with Crippen molar-refractivity contribution in [3.05, 3.63) is 169 Å². The van der Waals surface area contributed by atoms with E-state index >= 15 is 0 Å². The number of hydrogen-bond acceptors (Lipinski definition) is 2. The number of pyridine rings is 1. The van der Waals surface area contributed by atoms with Crippen molar-refractivity contribution < 1.29 is 0 Å². The van der Waals surface area contributed by atoms with Crippen LogP contribution in [0.3, 0.4) is 0 Å². The molecular formula is C46H27N3. The molecule has 0 fully saturated rings. The van der Waals surface area contributed by atoms with Crippen LogP contribution in [-0.2, 0) is 0 Å². The van der Waals surface area contributed by atoms with Gasteiger partial charge in [0.05, 0.1) is 28.4 Å². The number of aromatic nitrogens is 2. The molecule has 0 N–H and O–H groups in total. The summed E-state index contributed by atoms with van der Waals surface area (Å²) in [5.41, 5.74) is 10.6. The lowest BCUT2D eigenvalue weighted by Crippen LogP contribution is -1.94. The molecule has 226 valence electrons. The molecule has 10 aromatic rings. The topological polar surface area (TPSA) is 41.6 Å². The Kier molecular flexibility index (Phi) is 5.94. The van der Waals surface area contributed by atoms with Crippen LogP contribution in [0.4, 0.5) is 0 Å². The van der Waals surface area contributed by atoms with E-state index in [9.17, 15) is 5.26 Å². The van der Waals surface area contributed by atoms with E-state index in [4.69, 9.17) is 4.98 Å². The lowest BCUT2D eigenvalue weighted by Gasteiger charge is -2.14. The SMILES string of the molecule is N#Cc1cc2ccc3cc(-c4ccc(-c5ccc(-c6cccc7ccccc67)c6ccccc56)cn4)cc4c3c2c(c1)n4-c1ccccc1. The molecule has 0 amide bonds. The summed E-state index contributed by atoms with van der Waals surface area (Å²) in [5, 5.41) is 19.4. The lowest BCUT2D eigenvalue weighted by atomic mass is 9.90. The van der Waals surface area contributed by atoms with Crippen LogP contribution in [0.15, 0.2) is 164 Å². The van der Waals surface area contributed by atoms with Gasteiger partial charge in [0.2, 0.25) is 0 Å². The Morgan fingerprint density at radius 2 is 1.12 bits per heavy atom. The van der Waals surface area contributed by atoms with E-state index in [1.165, 1.54) is 43.4 Å². The van der Waals surface area contributed by atoms with Crippen molar-refractivity contribution in [1.29, 1.82) is 5.26 Å². The summed E-state index contributed by atoms with van der Waals surface area (Å²) in [7, 11) is 0. The molecule has 8 aromatic carbocycles. The minimum absolute atomic E-state index is 0.658. The van der Waals surface area contributed by atoms with Crippen LogP contribution in [0.1, 0.15) is 5.56 Å². The number of fused-ring (bicyclic) bond motifs is 2. The third-order valence-electron chi connectivity index (χ3n) is 9.99. The zero-order valence-corrected chi connectivity index (χ0v) is 26.4. The largest absolute Gasteiger partial charge is 0.309 e. The quantitative estimate of drug-likeness (QED) is 0.184. The minimum Gasteiger partial charge on any atom is -0.309 e. The van der Waals surface area contributed by atoms with Crippen LogP contribution in [0.25, 0.3) is 93.3 Å². The van der Waals surface area contributed by atoms with E-state index in [1.807, 2.05) is 24.4 Å². The van der Waals surface area contributed by atoms with Crippen LogP contribution in [0, 0.1) is 11.3 Å². The summed E-state index contributed by atoms with van der Waals surface area (Å²) in [6.07, 6.45) is 2.00. The monoisotopic (exact) mass is 621 g/mol. The van der Waals surface area contributed by atoms with Gasteiger partial charge in [-0.05, 0) is 91.5 Å². The molecule has 2 heterocycles. The second kappa shape index (κ2) is 10.6. The van der Waals surface area contributed by atoms with Gasteiger partial charge in [0, 0.05) is 33.8 Å². The molecule has 0 saturated heterocycles. The van der Waals surface area contributed by atoms with E-state index in [2.05, 4.69) is 150 Å². The maximum absolute atomic E-state index is 9.84. The highest BCUT2D eigenvalue weighted by molar-refractivity contribution is 6.25. The van der Waals surface area contributed by atoms with Crippen LogP contribution >= 0.6 is 0 Å². The first-order valence-corrected chi connectivity index (χ1v) is 16.5. The first-order valence-electron chi connectivity index (χ1n) is 16.5. The molecule has 0 aliphatic carbocycles. The van der Waals surface area contributed by atoms with E-state index in [-0.39, 0.29) is 0 Å². The molecule has 49 heavy (non-hydrogen) atoms. The van der Waals surface area contributed by atoms with Gasteiger partial charge < -0.3 is 4.57 Å². The molecule has 0 bridgehead atoms. The van der Waals surface area contributed by atoms with E-state index in [0.717, 1.165) is 49.9 Å². The van der Waals surface area contributed by atoms with Gasteiger partial charge in [-0.25, -0.2) is 0 Å². The molecule has 0 aliphatic rings. The zero-order valence-electron chi connectivity index (χ0n) is 26.4. The lowest BCUT2D eigenvalue weighted by molar-refractivity contribution is 1.18. The van der Waals surface area contributed by atoms with Crippen molar-refractivity contribution in [3.8, 4) is 45.3 Å². The fourth-order valence-corrected chi connectivity index (χ4v) is 7.80. The summed E-state index contributed by atoms with van der Waals surface area (Å²) < 4.78 is 2.28. The summed E-state index contributed by atoms with van der Waals surface area (Å²) in [5.74, 6) is 0. The predicted octanol–water partition coefficient (Wildman–Crippen LogP) is 11.9. The molecule has 0 radical (unpaired) electrons. The summed E-state index contributed by atoms with van der Waals surface area (Å²) in [6.45, 7) is 0. The fourth-order valence-electron chi connectivity index (χ4n) is 7.80. The Labute approximate surface area is 282 Å². The normalized spacial score (nSPS) is 11.7.